The lowest BCUT2D eigenvalue weighted by Crippen LogP contribution is -2.36. The van der Waals surface area contributed by atoms with Crippen LogP contribution in [0.25, 0.3) is 0 Å². The number of nitrogens with one attached hydrogen (secondary N) is 1. The van der Waals surface area contributed by atoms with Gasteiger partial charge in [-0.1, -0.05) is 48.4 Å². The van der Waals surface area contributed by atoms with Crippen LogP contribution in [0.1, 0.15) is 55.0 Å². The molecule has 0 saturated heterocycles. The van der Waals surface area contributed by atoms with Crippen LogP contribution in [0.3, 0.4) is 0 Å². The second kappa shape index (κ2) is 7.12. The second-order valence-electron chi connectivity index (χ2n) is 7.63. The van der Waals surface area contributed by atoms with Crippen molar-refractivity contribution in [2.24, 2.45) is 0 Å². The number of sulfone groups is 1. The highest BCUT2D eigenvalue weighted by Gasteiger charge is 2.51. The molecule has 2 aromatic carbocycles. The molecule has 144 valence electrons. The number of rotatable bonds is 6. The molecule has 1 aliphatic rings. The highest BCUT2D eigenvalue weighted by molar-refractivity contribution is 7.91. The van der Waals surface area contributed by atoms with Crippen LogP contribution in [0.15, 0.2) is 47.4 Å². The molecular formula is C22H27NO3S. The fourth-order valence-corrected chi connectivity index (χ4v) is 4.46. The lowest BCUT2D eigenvalue weighted by Gasteiger charge is -2.21. The first-order chi connectivity index (χ1) is 12.7. The predicted molar refractivity (Wildman–Crippen MR) is 108 cm³/mol. The van der Waals surface area contributed by atoms with Crippen molar-refractivity contribution in [1.29, 1.82) is 0 Å². The first-order valence-electron chi connectivity index (χ1n) is 9.40. The number of carbonyl (C=O) groups is 1. The Balaban J connectivity index is 1.76. The van der Waals surface area contributed by atoms with Gasteiger partial charge in [0.1, 0.15) is 0 Å². The highest BCUT2D eigenvalue weighted by Crippen LogP contribution is 2.49. The molecule has 0 radical (unpaired) electrons. The summed E-state index contributed by atoms with van der Waals surface area (Å²) in [4.78, 5) is 13.3. The van der Waals surface area contributed by atoms with Gasteiger partial charge in [-0.05, 0) is 56.9 Å². The van der Waals surface area contributed by atoms with Crippen molar-refractivity contribution >= 4 is 15.7 Å². The number of aryl methyl sites for hydroxylation is 2. The summed E-state index contributed by atoms with van der Waals surface area (Å²) in [6, 6.07) is 12.9. The Morgan fingerprint density at radius 2 is 1.63 bits per heavy atom. The summed E-state index contributed by atoms with van der Waals surface area (Å²) in [5.74, 6) is 0.127. The molecule has 1 amide bonds. The third-order valence-electron chi connectivity index (χ3n) is 5.43. The molecule has 0 heterocycles. The van der Waals surface area contributed by atoms with Crippen LogP contribution in [-0.2, 0) is 20.0 Å². The highest BCUT2D eigenvalue weighted by atomic mass is 32.2. The van der Waals surface area contributed by atoms with Gasteiger partial charge in [0.2, 0.25) is 5.91 Å². The van der Waals surface area contributed by atoms with Gasteiger partial charge in [-0.15, -0.1) is 0 Å². The summed E-state index contributed by atoms with van der Waals surface area (Å²) in [5, 5.41) is 3.12. The van der Waals surface area contributed by atoms with E-state index in [0.29, 0.717) is 4.90 Å². The molecule has 0 bridgehead atoms. The van der Waals surface area contributed by atoms with Crippen LogP contribution in [0.4, 0.5) is 0 Å². The van der Waals surface area contributed by atoms with Crippen molar-refractivity contribution in [2.75, 3.05) is 5.75 Å². The third kappa shape index (κ3) is 3.93. The maximum Gasteiger partial charge on any atom is 0.231 e. The van der Waals surface area contributed by atoms with E-state index in [1.54, 1.807) is 31.2 Å². The number of hydrogen-bond acceptors (Lipinski definition) is 3. The van der Waals surface area contributed by atoms with E-state index < -0.39 is 15.3 Å². The summed E-state index contributed by atoms with van der Waals surface area (Å²) in [6.45, 7) is 7.67. The fraction of sp³-hybridized carbons (Fsp3) is 0.409. The van der Waals surface area contributed by atoms with Crippen LogP contribution in [0.2, 0.25) is 0 Å². The van der Waals surface area contributed by atoms with Crippen molar-refractivity contribution in [2.45, 2.75) is 56.9 Å². The lowest BCUT2D eigenvalue weighted by molar-refractivity contribution is -0.124. The molecule has 0 aromatic heterocycles. The Labute approximate surface area is 161 Å². The largest absolute Gasteiger partial charge is 0.349 e. The van der Waals surface area contributed by atoms with E-state index in [-0.39, 0.29) is 17.7 Å². The minimum absolute atomic E-state index is 0.0465. The smallest absolute Gasteiger partial charge is 0.231 e. The van der Waals surface area contributed by atoms with Crippen LogP contribution in [0, 0.1) is 13.8 Å². The standard InChI is InChI=1S/C22H27NO3S/c1-5-27(25,26)20-8-6-18(7-9-20)17(4)23-21(24)22(10-11-22)19-13-15(2)12-16(3)14-19/h6-9,12-14,17H,5,10-11H2,1-4H3,(H,23,24). The molecule has 0 aliphatic heterocycles. The van der Waals surface area contributed by atoms with Crippen molar-refractivity contribution < 1.29 is 13.2 Å². The number of hydrogen-bond donors (Lipinski definition) is 1. The monoisotopic (exact) mass is 385 g/mol. The van der Waals surface area contributed by atoms with E-state index in [2.05, 4.69) is 37.4 Å². The minimum Gasteiger partial charge on any atom is -0.349 e. The van der Waals surface area contributed by atoms with Gasteiger partial charge in [-0.3, -0.25) is 4.79 Å². The Bertz CT molecular complexity index is 937. The first kappa shape index (κ1) is 19.6. The number of benzene rings is 2. The van der Waals surface area contributed by atoms with E-state index in [0.717, 1.165) is 24.0 Å². The summed E-state index contributed by atoms with van der Waals surface area (Å²) in [6.07, 6.45) is 1.73. The molecule has 1 N–H and O–H groups in total. The van der Waals surface area contributed by atoms with E-state index in [1.165, 1.54) is 11.1 Å². The van der Waals surface area contributed by atoms with E-state index in [9.17, 15) is 13.2 Å². The average Bonchev–Trinajstić information content (AvgIpc) is 3.43. The van der Waals surface area contributed by atoms with Crippen LogP contribution in [0.5, 0.6) is 0 Å². The Morgan fingerprint density at radius 3 is 2.11 bits per heavy atom. The molecular weight excluding hydrogens is 358 g/mol. The molecule has 5 heteroatoms. The molecule has 1 atom stereocenters. The summed E-state index contributed by atoms with van der Waals surface area (Å²) in [7, 11) is -3.21. The van der Waals surface area contributed by atoms with Gasteiger partial charge in [-0.2, -0.15) is 0 Å². The SMILES string of the molecule is CCS(=O)(=O)c1ccc(C(C)NC(=O)C2(c3cc(C)cc(C)c3)CC2)cc1. The zero-order valence-electron chi connectivity index (χ0n) is 16.4. The van der Waals surface area contributed by atoms with Gasteiger partial charge >= 0.3 is 0 Å². The van der Waals surface area contributed by atoms with E-state index in [1.807, 2.05) is 6.92 Å². The number of amides is 1. The van der Waals surface area contributed by atoms with Crippen molar-refractivity contribution in [3.63, 3.8) is 0 Å². The van der Waals surface area contributed by atoms with Crippen LogP contribution in [-0.4, -0.2) is 20.1 Å². The van der Waals surface area contributed by atoms with E-state index >= 15 is 0 Å². The third-order valence-corrected chi connectivity index (χ3v) is 7.18. The van der Waals surface area contributed by atoms with Crippen LogP contribution >= 0.6 is 0 Å². The van der Waals surface area contributed by atoms with Crippen molar-refractivity contribution in [3.05, 3.63) is 64.7 Å². The molecule has 1 saturated carbocycles. The molecule has 27 heavy (non-hydrogen) atoms. The van der Waals surface area contributed by atoms with Gasteiger partial charge < -0.3 is 5.32 Å². The van der Waals surface area contributed by atoms with Gasteiger partial charge in [-0.25, -0.2) is 8.42 Å². The van der Waals surface area contributed by atoms with Gasteiger partial charge in [0, 0.05) is 0 Å². The molecule has 0 spiro atoms. The molecule has 1 unspecified atom stereocenters. The fourth-order valence-electron chi connectivity index (χ4n) is 3.57. The van der Waals surface area contributed by atoms with Crippen molar-refractivity contribution in [3.8, 4) is 0 Å². The summed E-state index contributed by atoms with van der Waals surface area (Å²) < 4.78 is 23.9. The van der Waals surface area contributed by atoms with Gasteiger partial charge in [0.25, 0.3) is 0 Å². The average molecular weight is 386 g/mol. The zero-order chi connectivity index (χ0) is 19.8. The molecule has 4 nitrogen and oxygen atoms in total. The molecule has 1 fully saturated rings. The van der Waals surface area contributed by atoms with E-state index in [4.69, 9.17) is 0 Å². The zero-order valence-corrected chi connectivity index (χ0v) is 17.2. The maximum atomic E-state index is 13.0. The Morgan fingerprint density at radius 1 is 1.07 bits per heavy atom. The molecule has 3 rings (SSSR count). The van der Waals surface area contributed by atoms with Gasteiger partial charge in [0.15, 0.2) is 9.84 Å². The normalized spacial score (nSPS) is 16.6. The first-order valence-corrected chi connectivity index (χ1v) is 11.1. The molecule has 1 aliphatic carbocycles. The van der Waals surface area contributed by atoms with Crippen molar-refractivity contribution in [1.82, 2.24) is 5.32 Å². The summed E-state index contributed by atoms with van der Waals surface area (Å²) >= 11 is 0. The topological polar surface area (TPSA) is 63.2 Å². The second-order valence-corrected chi connectivity index (χ2v) is 9.90. The summed E-state index contributed by atoms with van der Waals surface area (Å²) in [5.41, 5.74) is 3.91. The minimum atomic E-state index is -3.21. The van der Waals surface area contributed by atoms with Gasteiger partial charge in [0.05, 0.1) is 22.1 Å². The maximum absolute atomic E-state index is 13.0. The van der Waals surface area contributed by atoms with Crippen LogP contribution < -0.4 is 5.32 Å². The Hall–Kier alpha value is -2.14. The molecule has 2 aromatic rings. The number of carbonyl (C=O) groups excluding carboxylic acids is 1. The lowest BCUT2D eigenvalue weighted by atomic mass is 9.91. The Kier molecular flexibility index (Phi) is 5.17. The predicted octanol–water partition coefficient (Wildman–Crippen LogP) is 4.01. The quantitative estimate of drug-likeness (QED) is 0.817.